The molecule has 1 aliphatic heterocycles. The molecule has 1 saturated heterocycles. The monoisotopic (exact) mass is 638 g/mol. The van der Waals surface area contributed by atoms with Gasteiger partial charge in [0.1, 0.15) is 24.1 Å². The molecule has 11 heteroatoms. The van der Waals surface area contributed by atoms with Gasteiger partial charge in [0.15, 0.2) is 0 Å². The van der Waals surface area contributed by atoms with E-state index < -0.39 is 12.0 Å². The molecule has 1 fully saturated rings. The third-order valence-corrected chi connectivity index (χ3v) is 7.27. The lowest BCUT2D eigenvalue weighted by atomic mass is 9.98. The maximum absolute atomic E-state index is 11.8. The smallest absolute Gasteiger partial charge is 0.410 e. The van der Waals surface area contributed by atoms with Gasteiger partial charge in [-0.25, -0.2) is 9.59 Å². The normalized spacial score (nSPS) is 12.7. The molecule has 2 amide bonds. The van der Waals surface area contributed by atoms with E-state index in [1.165, 1.54) is 7.11 Å². The molecular weight excluding hydrogens is 592 g/mol. The largest absolute Gasteiger partial charge is 0.496 e. The van der Waals surface area contributed by atoms with Gasteiger partial charge in [0.05, 0.1) is 46.7 Å². The number of methoxy groups -OCH3 is 4. The molecule has 0 unspecified atom stereocenters. The van der Waals surface area contributed by atoms with Crippen molar-refractivity contribution in [2.45, 2.75) is 38.5 Å². The van der Waals surface area contributed by atoms with E-state index in [4.69, 9.17) is 28.4 Å². The summed E-state index contributed by atoms with van der Waals surface area (Å²) in [6.45, 7) is 3.49. The fourth-order valence-electron chi connectivity index (χ4n) is 4.85. The van der Waals surface area contributed by atoms with Crippen LogP contribution >= 0.6 is 0 Å². The molecule has 3 aromatic carbocycles. The molecule has 0 bridgehead atoms. The Morgan fingerprint density at radius 1 is 0.848 bits per heavy atom. The molecule has 4 rings (SSSR count). The molecule has 0 aromatic heterocycles. The summed E-state index contributed by atoms with van der Waals surface area (Å²) in [7, 11) is 6.13. The summed E-state index contributed by atoms with van der Waals surface area (Å²) in [4.78, 5) is 35.9. The highest BCUT2D eigenvalue weighted by Gasteiger charge is 2.20. The zero-order chi connectivity index (χ0) is 33.1. The summed E-state index contributed by atoms with van der Waals surface area (Å²) in [5.74, 6) is 0.822. The second-order valence-electron chi connectivity index (χ2n) is 10.4. The van der Waals surface area contributed by atoms with Crippen LogP contribution < -0.4 is 14.8 Å². The van der Waals surface area contributed by atoms with Gasteiger partial charge in [-0.05, 0) is 47.2 Å². The Kier molecular flexibility index (Phi) is 15.4. The van der Waals surface area contributed by atoms with Crippen LogP contribution in [0.2, 0.25) is 0 Å². The first kappa shape index (κ1) is 35.9. The van der Waals surface area contributed by atoms with Gasteiger partial charge in [-0.2, -0.15) is 0 Å². The number of esters is 1. The van der Waals surface area contributed by atoms with Gasteiger partial charge in [0.2, 0.25) is 6.41 Å². The topological polar surface area (TPSA) is 122 Å². The zero-order valence-corrected chi connectivity index (χ0v) is 27.0. The van der Waals surface area contributed by atoms with Crippen molar-refractivity contribution in [2.24, 2.45) is 0 Å². The fraction of sp³-hybridized carbons (Fsp3) is 0.400. The lowest BCUT2D eigenvalue weighted by Crippen LogP contribution is -2.38. The number of carbonyl (C=O) groups is 3. The van der Waals surface area contributed by atoms with Crippen LogP contribution in [-0.2, 0) is 48.2 Å². The van der Waals surface area contributed by atoms with Crippen LogP contribution in [0.1, 0.15) is 31.0 Å². The summed E-state index contributed by atoms with van der Waals surface area (Å²) in [5, 5.41) is 2.48. The number of ether oxygens (including phenoxy) is 6. The highest BCUT2D eigenvalue weighted by atomic mass is 16.6. The second kappa shape index (κ2) is 19.7. The second-order valence-corrected chi connectivity index (χ2v) is 10.4. The van der Waals surface area contributed by atoms with Crippen molar-refractivity contribution in [1.82, 2.24) is 10.2 Å². The number of amides is 2. The summed E-state index contributed by atoms with van der Waals surface area (Å²) in [6, 6.07) is 20.4. The van der Waals surface area contributed by atoms with E-state index in [1.54, 1.807) is 26.2 Å². The standard InChI is InChI=1S/C23H29NO7.C12H15NO2.H2/c1-27-9-10-31-14-17-12-20(28-2)22(21(13-17)29-3)18-7-5-16(6-8-18)11-19(24-15-25)23(26)30-4;14-12(13-8-4-5-9-13)15-10-11-6-2-1-3-7-11;/h5-8,12-13,15,19H,9-11,14H2,1-4H3,(H,24,25);1-3,6-7H,4-5,8-10H2;1H/t19-;;/m0../s1. The van der Waals surface area contributed by atoms with E-state index in [1.807, 2.05) is 66.7 Å². The molecule has 1 N–H and O–H groups in total. The van der Waals surface area contributed by atoms with Gasteiger partial charge in [-0.15, -0.1) is 0 Å². The Morgan fingerprint density at radius 3 is 2.07 bits per heavy atom. The molecule has 1 aliphatic rings. The summed E-state index contributed by atoms with van der Waals surface area (Å²) < 4.78 is 31.8. The molecule has 1 heterocycles. The maximum atomic E-state index is 11.8. The predicted octanol–water partition coefficient (Wildman–Crippen LogP) is 5.03. The van der Waals surface area contributed by atoms with Crippen LogP contribution in [0, 0.1) is 0 Å². The van der Waals surface area contributed by atoms with Gasteiger partial charge in [0, 0.05) is 28.0 Å². The van der Waals surface area contributed by atoms with E-state index in [-0.39, 0.29) is 7.52 Å². The summed E-state index contributed by atoms with van der Waals surface area (Å²) >= 11 is 0. The number of hydrogen-bond donors (Lipinski definition) is 1. The average Bonchev–Trinajstić information content (AvgIpc) is 3.65. The van der Waals surface area contributed by atoms with E-state index in [0.29, 0.717) is 50.8 Å². The summed E-state index contributed by atoms with van der Waals surface area (Å²) in [6.07, 6.45) is 2.82. The van der Waals surface area contributed by atoms with Gasteiger partial charge < -0.3 is 38.6 Å². The van der Waals surface area contributed by atoms with E-state index in [9.17, 15) is 14.4 Å². The molecule has 11 nitrogen and oxygen atoms in total. The number of rotatable bonds is 15. The van der Waals surface area contributed by atoms with E-state index in [0.717, 1.165) is 53.7 Å². The highest BCUT2D eigenvalue weighted by molar-refractivity contribution is 5.79. The van der Waals surface area contributed by atoms with Crippen molar-refractivity contribution in [2.75, 3.05) is 54.7 Å². The Morgan fingerprint density at radius 2 is 1.50 bits per heavy atom. The molecule has 250 valence electrons. The van der Waals surface area contributed by atoms with Crippen LogP contribution in [0.3, 0.4) is 0 Å². The molecule has 0 spiro atoms. The Hall–Kier alpha value is -4.61. The van der Waals surface area contributed by atoms with E-state index in [2.05, 4.69) is 5.32 Å². The Balaban J connectivity index is 0.000000400. The Bertz CT molecular complexity index is 1340. The number of nitrogens with zero attached hydrogens (tertiary/aromatic N) is 1. The molecular formula is C35H46N2O9. The molecule has 0 radical (unpaired) electrons. The fourth-order valence-corrected chi connectivity index (χ4v) is 4.85. The minimum Gasteiger partial charge on any atom is -0.496 e. The van der Waals surface area contributed by atoms with Crippen LogP contribution in [0.5, 0.6) is 11.5 Å². The van der Waals surface area contributed by atoms with Crippen LogP contribution in [0.4, 0.5) is 4.79 Å². The van der Waals surface area contributed by atoms with Crippen molar-refractivity contribution < 1.29 is 44.2 Å². The number of likely N-dealkylation sites (tertiary alicyclic amines) is 1. The van der Waals surface area contributed by atoms with Gasteiger partial charge in [0.25, 0.3) is 0 Å². The van der Waals surface area contributed by atoms with E-state index >= 15 is 0 Å². The maximum Gasteiger partial charge on any atom is 0.410 e. The van der Waals surface area contributed by atoms with Crippen LogP contribution in [-0.4, -0.2) is 84.2 Å². The van der Waals surface area contributed by atoms with Gasteiger partial charge >= 0.3 is 12.1 Å². The first-order valence-electron chi connectivity index (χ1n) is 15.1. The van der Waals surface area contributed by atoms with Crippen molar-refractivity contribution in [3.63, 3.8) is 0 Å². The van der Waals surface area contributed by atoms with Crippen molar-refractivity contribution in [1.29, 1.82) is 0 Å². The molecule has 1 atom stereocenters. The molecule has 0 aliphatic carbocycles. The summed E-state index contributed by atoms with van der Waals surface area (Å²) in [5.41, 5.74) is 4.53. The molecule has 46 heavy (non-hydrogen) atoms. The van der Waals surface area contributed by atoms with Gasteiger partial charge in [-0.3, -0.25) is 4.79 Å². The SMILES string of the molecule is COCCOCc1cc(OC)c(-c2ccc(C[C@H](NC=O)C(=O)OC)cc2)c(OC)c1.O=C(OCc1ccccc1)N1CCCC1.[HH]. The lowest BCUT2D eigenvalue weighted by molar-refractivity contribution is -0.144. The first-order valence-corrected chi connectivity index (χ1v) is 15.1. The zero-order valence-electron chi connectivity index (χ0n) is 27.0. The van der Waals surface area contributed by atoms with Crippen molar-refractivity contribution in [3.8, 4) is 22.6 Å². The Labute approximate surface area is 272 Å². The minimum absolute atomic E-state index is 0. The predicted molar refractivity (Wildman–Crippen MR) is 175 cm³/mol. The number of benzene rings is 3. The third-order valence-electron chi connectivity index (χ3n) is 7.27. The van der Waals surface area contributed by atoms with Gasteiger partial charge in [-0.1, -0.05) is 54.6 Å². The van der Waals surface area contributed by atoms with Crippen molar-refractivity contribution in [3.05, 3.63) is 83.4 Å². The highest BCUT2D eigenvalue weighted by Crippen LogP contribution is 2.40. The van der Waals surface area contributed by atoms with Crippen LogP contribution in [0.15, 0.2) is 66.7 Å². The lowest BCUT2D eigenvalue weighted by Gasteiger charge is -2.17. The molecule has 0 saturated carbocycles. The number of nitrogens with one attached hydrogen (secondary N) is 1. The number of carbonyl (C=O) groups excluding carboxylic acids is 3. The first-order chi connectivity index (χ1) is 22.4. The number of hydrogen-bond acceptors (Lipinski definition) is 9. The average molecular weight is 639 g/mol. The van der Waals surface area contributed by atoms with Crippen molar-refractivity contribution >= 4 is 18.5 Å². The quantitative estimate of drug-likeness (QED) is 0.139. The minimum atomic E-state index is -0.741. The van der Waals surface area contributed by atoms with Crippen LogP contribution in [0.25, 0.3) is 11.1 Å². The third kappa shape index (κ3) is 11.1. The molecule has 3 aromatic rings.